The van der Waals surface area contributed by atoms with Gasteiger partial charge in [0.2, 0.25) is 0 Å². The van der Waals surface area contributed by atoms with Crippen LogP contribution in [0.4, 0.5) is 0 Å². The summed E-state index contributed by atoms with van der Waals surface area (Å²) in [6.07, 6.45) is 4.87. The van der Waals surface area contributed by atoms with Crippen LogP contribution in [0.2, 0.25) is 0 Å². The Labute approximate surface area is 115 Å². The number of aliphatic hydroxyl groups is 1. The maximum absolute atomic E-state index is 12.2. The molecule has 0 radical (unpaired) electrons. The minimum Gasteiger partial charge on any atom is -0.388 e. The molecule has 2 rings (SSSR count). The molecule has 1 aliphatic rings. The Kier molecular flexibility index (Phi) is 4.25. The lowest BCUT2D eigenvalue weighted by Gasteiger charge is -2.32. The molecule has 1 aliphatic carbocycles. The minimum atomic E-state index is -0.703. The first kappa shape index (κ1) is 14.1. The summed E-state index contributed by atoms with van der Waals surface area (Å²) in [5.74, 6) is -0.0831. The van der Waals surface area contributed by atoms with Gasteiger partial charge in [-0.2, -0.15) is 0 Å². The van der Waals surface area contributed by atoms with Gasteiger partial charge in [-0.15, -0.1) is 0 Å². The summed E-state index contributed by atoms with van der Waals surface area (Å²) in [6.45, 7) is 4.27. The minimum absolute atomic E-state index is 0.0831. The molecule has 1 saturated carbocycles. The van der Waals surface area contributed by atoms with E-state index < -0.39 is 5.60 Å². The third-order valence-corrected chi connectivity index (χ3v) is 4.00. The van der Waals surface area contributed by atoms with E-state index in [1.807, 2.05) is 32.0 Å². The topological polar surface area (TPSA) is 49.3 Å². The van der Waals surface area contributed by atoms with Gasteiger partial charge < -0.3 is 10.4 Å². The van der Waals surface area contributed by atoms with Gasteiger partial charge in [0.25, 0.3) is 5.91 Å². The fraction of sp³-hybridized carbons (Fsp3) is 0.562. The standard InChI is InChI=1S/C16H23NO2/c1-12-6-7-13(2)14(10-12)15(18)17-11-16(19)8-4-3-5-9-16/h6-7,10,19H,3-5,8-9,11H2,1-2H3,(H,17,18). The molecule has 104 valence electrons. The molecule has 1 aromatic carbocycles. The molecule has 0 spiro atoms. The zero-order chi connectivity index (χ0) is 13.9. The molecule has 0 saturated heterocycles. The Morgan fingerprint density at radius 1 is 1.26 bits per heavy atom. The molecule has 1 amide bonds. The molecular formula is C16H23NO2. The molecule has 0 aliphatic heterocycles. The number of carbonyl (C=O) groups is 1. The first-order chi connectivity index (χ1) is 9.00. The highest BCUT2D eigenvalue weighted by Gasteiger charge is 2.29. The van der Waals surface area contributed by atoms with Gasteiger partial charge in [-0.05, 0) is 38.3 Å². The lowest BCUT2D eigenvalue weighted by molar-refractivity contribution is 0.00525. The molecule has 3 heteroatoms. The van der Waals surface area contributed by atoms with Crippen LogP contribution in [-0.2, 0) is 0 Å². The van der Waals surface area contributed by atoms with Crippen molar-refractivity contribution in [2.75, 3.05) is 6.54 Å². The van der Waals surface area contributed by atoms with E-state index in [-0.39, 0.29) is 5.91 Å². The zero-order valence-electron chi connectivity index (χ0n) is 11.8. The first-order valence-electron chi connectivity index (χ1n) is 7.08. The Bertz CT molecular complexity index is 462. The number of carbonyl (C=O) groups excluding carboxylic acids is 1. The fourth-order valence-corrected chi connectivity index (χ4v) is 2.71. The van der Waals surface area contributed by atoms with Crippen LogP contribution in [-0.4, -0.2) is 23.2 Å². The van der Waals surface area contributed by atoms with Crippen LogP contribution in [0.15, 0.2) is 18.2 Å². The number of hydrogen-bond donors (Lipinski definition) is 2. The molecule has 1 fully saturated rings. The SMILES string of the molecule is Cc1ccc(C)c(C(=O)NCC2(O)CCCCC2)c1. The van der Waals surface area contributed by atoms with Gasteiger partial charge in [0, 0.05) is 12.1 Å². The van der Waals surface area contributed by atoms with E-state index in [4.69, 9.17) is 0 Å². The number of aryl methyl sites for hydroxylation is 2. The van der Waals surface area contributed by atoms with Gasteiger partial charge in [-0.3, -0.25) is 4.79 Å². The van der Waals surface area contributed by atoms with Crippen molar-refractivity contribution in [1.82, 2.24) is 5.32 Å². The average Bonchev–Trinajstić information content (AvgIpc) is 2.40. The molecule has 2 N–H and O–H groups in total. The molecule has 1 aromatic rings. The van der Waals surface area contributed by atoms with Crippen LogP contribution in [0.3, 0.4) is 0 Å². The summed E-state index contributed by atoms with van der Waals surface area (Å²) in [5.41, 5.74) is 2.05. The molecular weight excluding hydrogens is 238 g/mol. The maximum atomic E-state index is 12.2. The Morgan fingerprint density at radius 2 is 1.95 bits per heavy atom. The van der Waals surface area contributed by atoms with Crippen molar-refractivity contribution in [1.29, 1.82) is 0 Å². The number of amides is 1. The average molecular weight is 261 g/mol. The second-order valence-corrected chi connectivity index (χ2v) is 5.79. The third kappa shape index (κ3) is 3.57. The van der Waals surface area contributed by atoms with E-state index in [1.165, 1.54) is 6.42 Å². The summed E-state index contributed by atoms with van der Waals surface area (Å²) in [6, 6.07) is 5.86. The third-order valence-electron chi connectivity index (χ3n) is 4.00. The summed E-state index contributed by atoms with van der Waals surface area (Å²) >= 11 is 0. The van der Waals surface area contributed by atoms with Gasteiger partial charge in [-0.1, -0.05) is 37.0 Å². The van der Waals surface area contributed by atoms with E-state index in [0.717, 1.165) is 36.8 Å². The van der Waals surface area contributed by atoms with Crippen LogP contribution in [0.1, 0.15) is 53.6 Å². The summed E-state index contributed by atoms with van der Waals surface area (Å²) in [4.78, 5) is 12.2. The summed E-state index contributed by atoms with van der Waals surface area (Å²) in [5, 5.41) is 13.3. The van der Waals surface area contributed by atoms with Gasteiger partial charge in [-0.25, -0.2) is 0 Å². The van der Waals surface area contributed by atoms with E-state index in [0.29, 0.717) is 12.1 Å². The van der Waals surface area contributed by atoms with E-state index in [2.05, 4.69) is 5.32 Å². The normalized spacial score (nSPS) is 18.1. The van der Waals surface area contributed by atoms with Crippen molar-refractivity contribution < 1.29 is 9.90 Å². The summed E-state index contributed by atoms with van der Waals surface area (Å²) in [7, 11) is 0. The van der Waals surface area contributed by atoms with Crippen LogP contribution < -0.4 is 5.32 Å². The smallest absolute Gasteiger partial charge is 0.251 e. The van der Waals surface area contributed by atoms with Gasteiger partial charge >= 0.3 is 0 Å². The van der Waals surface area contributed by atoms with Crippen LogP contribution in [0.25, 0.3) is 0 Å². The Morgan fingerprint density at radius 3 is 2.63 bits per heavy atom. The van der Waals surface area contributed by atoms with Crippen molar-refractivity contribution in [3.05, 3.63) is 34.9 Å². The van der Waals surface area contributed by atoms with E-state index >= 15 is 0 Å². The molecule has 0 aromatic heterocycles. The van der Waals surface area contributed by atoms with Crippen molar-refractivity contribution in [2.24, 2.45) is 0 Å². The predicted octanol–water partition coefficient (Wildman–Crippen LogP) is 2.73. The van der Waals surface area contributed by atoms with Crippen molar-refractivity contribution in [3.63, 3.8) is 0 Å². The molecule has 0 atom stereocenters. The number of nitrogens with one attached hydrogen (secondary N) is 1. The highest BCUT2D eigenvalue weighted by atomic mass is 16.3. The number of benzene rings is 1. The van der Waals surface area contributed by atoms with E-state index in [1.54, 1.807) is 0 Å². The molecule has 0 bridgehead atoms. The van der Waals surface area contributed by atoms with E-state index in [9.17, 15) is 9.90 Å². The van der Waals surface area contributed by atoms with Crippen LogP contribution >= 0.6 is 0 Å². The lowest BCUT2D eigenvalue weighted by atomic mass is 9.85. The second-order valence-electron chi connectivity index (χ2n) is 5.79. The van der Waals surface area contributed by atoms with Gasteiger partial charge in [0.05, 0.1) is 5.60 Å². The highest BCUT2D eigenvalue weighted by Crippen LogP contribution is 2.27. The fourth-order valence-electron chi connectivity index (χ4n) is 2.71. The second kappa shape index (κ2) is 5.74. The quantitative estimate of drug-likeness (QED) is 0.879. The molecule has 3 nitrogen and oxygen atoms in total. The Hall–Kier alpha value is -1.35. The highest BCUT2D eigenvalue weighted by molar-refractivity contribution is 5.95. The molecule has 0 heterocycles. The summed E-state index contributed by atoms with van der Waals surface area (Å²) < 4.78 is 0. The van der Waals surface area contributed by atoms with Gasteiger partial charge in [0.1, 0.15) is 0 Å². The van der Waals surface area contributed by atoms with Crippen LogP contribution in [0, 0.1) is 13.8 Å². The van der Waals surface area contributed by atoms with Crippen LogP contribution in [0.5, 0.6) is 0 Å². The van der Waals surface area contributed by atoms with Crippen molar-refractivity contribution in [2.45, 2.75) is 51.6 Å². The largest absolute Gasteiger partial charge is 0.388 e. The maximum Gasteiger partial charge on any atom is 0.251 e. The monoisotopic (exact) mass is 261 g/mol. The number of hydrogen-bond acceptors (Lipinski definition) is 2. The molecule has 19 heavy (non-hydrogen) atoms. The number of rotatable bonds is 3. The van der Waals surface area contributed by atoms with Gasteiger partial charge in [0.15, 0.2) is 0 Å². The van der Waals surface area contributed by atoms with Crippen molar-refractivity contribution in [3.8, 4) is 0 Å². The zero-order valence-corrected chi connectivity index (χ0v) is 11.8. The predicted molar refractivity (Wildman–Crippen MR) is 76.3 cm³/mol. The Balaban J connectivity index is 1.99. The lowest BCUT2D eigenvalue weighted by Crippen LogP contribution is -2.44. The van der Waals surface area contributed by atoms with Crippen molar-refractivity contribution >= 4 is 5.91 Å². The first-order valence-corrected chi connectivity index (χ1v) is 7.08. The molecule has 0 unspecified atom stereocenters.